The maximum absolute atomic E-state index is 12.4. The molecule has 0 aliphatic rings. The van der Waals surface area contributed by atoms with Crippen LogP contribution in [-0.2, 0) is 0 Å². The molecule has 0 fully saturated rings. The van der Waals surface area contributed by atoms with Crippen LogP contribution in [0.5, 0.6) is 11.5 Å². The molecule has 0 amide bonds. The zero-order valence-corrected chi connectivity index (χ0v) is 10.8. The molecule has 0 saturated carbocycles. The fraction of sp³-hybridized carbons (Fsp3) is 0.133. The molecule has 19 heavy (non-hydrogen) atoms. The average molecular weight is 257 g/mol. The number of methoxy groups -OCH3 is 2. The highest BCUT2D eigenvalue weighted by Gasteiger charge is 2.18. The average Bonchev–Trinajstić information content (AvgIpc) is 2.47. The van der Waals surface area contributed by atoms with Gasteiger partial charge < -0.3 is 15.2 Å². The van der Waals surface area contributed by atoms with Crippen LogP contribution in [0.2, 0.25) is 0 Å². The monoisotopic (exact) mass is 257 g/mol. The number of ketones is 1. The van der Waals surface area contributed by atoms with Gasteiger partial charge in [-0.05, 0) is 12.1 Å². The SMILES string of the molecule is COc1ccc(C(=O)c2ccccc2)c(OC)c1N. The number of hydrogen-bond donors (Lipinski definition) is 1. The molecule has 4 heteroatoms. The van der Waals surface area contributed by atoms with Gasteiger partial charge in [0.25, 0.3) is 0 Å². The first kappa shape index (κ1) is 13.0. The van der Waals surface area contributed by atoms with Crippen molar-refractivity contribution in [1.29, 1.82) is 0 Å². The van der Waals surface area contributed by atoms with Crippen LogP contribution in [0, 0.1) is 0 Å². The third kappa shape index (κ3) is 2.38. The summed E-state index contributed by atoms with van der Waals surface area (Å²) in [5, 5.41) is 0. The van der Waals surface area contributed by atoms with Crippen molar-refractivity contribution in [3.8, 4) is 11.5 Å². The Morgan fingerprint density at radius 2 is 1.68 bits per heavy atom. The zero-order chi connectivity index (χ0) is 13.8. The van der Waals surface area contributed by atoms with Crippen molar-refractivity contribution in [1.82, 2.24) is 0 Å². The summed E-state index contributed by atoms with van der Waals surface area (Å²) < 4.78 is 10.3. The fourth-order valence-electron chi connectivity index (χ4n) is 1.90. The highest BCUT2D eigenvalue weighted by Crippen LogP contribution is 2.35. The minimum atomic E-state index is -0.133. The third-order valence-corrected chi connectivity index (χ3v) is 2.86. The maximum atomic E-state index is 12.4. The summed E-state index contributed by atoms with van der Waals surface area (Å²) in [7, 11) is 3.00. The Kier molecular flexibility index (Phi) is 3.71. The summed E-state index contributed by atoms with van der Waals surface area (Å²) in [6.45, 7) is 0. The summed E-state index contributed by atoms with van der Waals surface area (Å²) in [6.07, 6.45) is 0. The van der Waals surface area contributed by atoms with Crippen LogP contribution in [0.4, 0.5) is 5.69 Å². The minimum absolute atomic E-state index is 0.133. The number of hydrogen-bond acceptors (Lipinski definition) is 4. The third-order valence-electron chi connectivity index (χ3n) is 2.86. The predicted octanol–water partition coefficient (Wildman–Crippen LogP) is 2.52. The Morgan fingerprint density at radius 1 is 1.00 bits per heavy atom. The number of anilines is 1. The fourth-order valence-corrected chi connectivity index (χ4v) is 1.90. The van der Waals surface area contributed by atoms with Gasteiger partial charge in [0.2, 0.25) is 0 Å². The first-order valence-electron chi connectivity index (χ1n) is 5.79. The summed E-state index contributed by atoms with van der Waals surface area (Å²) in [5.41, 5.74) is 7.26. The van der Waals surface area contributed by atoms with Gasteiger partial charge in [0.05, 0.1) is 19.8 Å². The topological polar surface area (TPSA) is 61.5 Å². The van der Waals surface area contributed by atoms with E-state index in [4.69, 9.17) is 15.2 Å². The summed E-state index contributed by atoms with van der Waals surface area (Å²) >= 11 is 0. The molecule has 0 saturated heterocycles. The molecule has 0 bridgehead atoms. The van der Waals surface area contributed by atoms with Gasteiger partial charge in [-0.25, -0.2) is 0 Å². The van der Waals surface area contributed by atoms with Crippen LogP contribution < -0.4 is 15.2 Å². The normalized spacial score (nSPS) is 10.0. The number of nitrogens with two attached hydrogens (primary N) is 1. The van der Waals surface area contributed by atoms with Crippen LogP contribution >= 0.6 is 0 Å². The first-order valence-corrected chi connectivity index (χ1v) is 5.79. The van der Waals surface area contributed by atoms with E-state index >= 15 is 0 Å². The second-order valence-corrected chi connectivity index (χ2v) is 3.96. The van der Waals surface area contributed by atoms with Crippen molar-refractivity contribution in [2.45, 2.75) is 0 Å². The van der Waals surface area contributed by atoms with E-state index in [2.05, 4.69) is 0 Å². The van der Waals surface area contributed by atoms with E-state index in [1.54, 1.807) is 24.3 Å². The van der Waals surface area contributed by atoms with E-state index in [0.717, 1.165) is 0 Å². The van der Waals surface area contributed by atoms with Crippen molar-refractivity contribution in [3.05, 3.63) is 53.6 Å². The van der Waals surface area contributed by atoms with Gasteiger partial charge in [0, 0.05) is 5.56 Å². The predicted molar refractivity (Wildman–Crippen MR) is 73.8 cm³/mol. The molecule has 2 N–H and O–H groups in total. The lowest BCUT2D eigenvalue weighted by atomic mass is 10.0. The number of benzene rings is 2. The van der Waals surface area contributed by atoms with Crippen molar-refractivity contribution >= 4 is 11.5 Å². The van der Waals surface area contributed by atoms with Crippen molar-refractivity contribution in [2.75, 3.05) is 20.0 Å². The summed E-state index contributed by atoms with van der Waals surface area (Å²) in [5.74, 6) is 0.696. The van der Waals surface area contributed by atoms with Gasteiger partial charge >= 0.3 is 0 Å². The second kappa shape index (κ2) is 5.44. The smallest absolute Gasteiger partial charge is 0.196 e. The van der Waals surface area contributed by atoms with Crippen LogP contribution in [-0.4, -0.2) is 20.0 Å². The van der Waals surface area contributed by atoms with Gasteiger partial charge in [0.15, 0.2) is 11.5 Å². The molecular weight excluding hydrogens is 242 g/mol. The zero-order valence-electron chi connectivity index (χ0n) is 10.8. The van der Waals surface area contributed by atoms with Crippen LogP contribution in [0.15, 0.2) is 42.5 Å². The molecule has 0 unspecified atom stereocenters. The summed E-state index contributed by atoms with van der Waals surface area (Å²) in [4.78, 5) is 12.4. The van der Waals surface area contributed by atoms with Gasteiger partial charge in [-0.1, -0.05) is 30.3 Å². The largest absolute Gasteiger partial charge is 0.494 e. The molecule has 0 radical (unpaired) electrons. The number of ether oxygens (including phenoxy) is 2. The lowest BCUT2D eigenvalue weighted by Crippen LogP contribution is -2.07. The van der Waals surface area contributed by atoms with Crippen LogP contribution in [0.25, 0.3) is 0 Å². The molecule has 0 heterocycles. The van der Waals surface area contributed by atoms with E-state index in [1.807, 2.05) is 18.2 Å². The highest BCUT2D eigenvalue weighted by atomic mass is 16.5. The van der Waals surface area contributed by atoms with Gasteiger partial charge in [0.1, 0.15) is 11.4 Å². The molecule has 0 atom stereocenters. The molecule has 0 aliphatic carbocycles. The van der Waals surface area contributed by atoms with Crippen LogP contribution in [0.1, 0.15) is 15.9 Å². The van der Waals surface area contributed by atoms with Gasteiger partial charge in [-0.15, -0.1) is 0 Å². The molecule has 98 valence electrons. The summed E-state index contributed by atoms with van der Waals surface area (Å²) in [6, 6.07) is 12.3. The molecule has 0 spiro atoms. The second-order valence-electron chi connectivity index (χ2n) is 3.96. The quantitative estimate of drug-likeness (QED) is 0.675. The minimum Gasteiger partial charge on any atom is -0.494 e. The number of rotatable bonds is 4. The van der Waals surface area contributed by atoms with E-state index < -0.39 is 0 Å². The number of carbonyl (C=O) groups excluding carboxylic acids is 1. The Labute approximate surface area is 111 Å². The van der Waals surface area contributed by atoms with E-state index in [1.165, 1.54) is 14.2 Å². The molecular formula is C15H15NO3. The molecule has 0 aliphatic heterocycles. The van der Waals surface area contributed by atoms with Crippen molar-refractivity contribution in [3.63, 3.8) is 0 Å². The molecule has 2 aromatic rings. The Bertz CT molecular complexity index is 594. The number of nitrogen functional groups attached to an aromatic ring is 1. The van der Waals surface area contributed by atoms with E-state index in [-0.39, 0.29) is 5.78 Å². The maximum Gasteiger partial charge on any atom is 0.196 e. The molecule has 2 rings (SSSR count). The first-order chi connectivity index (χ1) is 9.19. The highest BCUT2D eigenvalue weighted by molar-refractivity contribution is 6.11. The Hall–Kier alpha value is -2.49. The van der Waals surface area contributed by atoms with Crippen molar-refractivity contribution in [2.24, 2.45) is 0 Å². The Morgan fingerprint density at radius 3 is 2.26 bits per heavy atom. The standard InChI is InChI=1S/C15H15NO3/c1-18-12-9-8-11(15(19-2)13(12)16)14(17)10-6-4-3-5-7-10/h3-9H,16H2,1-2H3. The lowest BCUT2D eigenvalue weighted by Gasteiger charge is -2.13. The van der Waals surface area contributed by atoms with Gasteiger partial charge in [-0.2, -0.15) is 0 Å². The van der Waals surface area contributed by atoms with Crippen molar-refractivity contribution < 1.29 is 14.3 Å². The number of carbonyl (C=O) groups is 1. The van der Waals surface area contributed by atoms with E-state index in [0.29, 0.717) is 28.3 Å². The molecule has 2 aromatic carbocycles. The molecule has 0 aromatic heterocycles. The van der Waals surface area contributed by atoms with Gasteiger partial charge in [-0.3, -0.25) is 4.79 Å². The lowest BCUT2D eigenvalue weighted by molar-refractivity contribution is 0.103. The Balaban J connectivity index is 2.51. The van der Waals surface area contributed by atoms with E-state index in [9.17, 15) is 4.79 Å². The van der Waals surface area contributed by atoms with Crippen LogP contribution in [0.3, 0.4) is 0 Å². The molecule has 4 nitrogen and oxygen atoms in total.